The number of nitrogens with one attached hydrogen (secondary N) is 3. The van der Waals surface area contributed by atoms with Crippen LogP contribution in [0.25, 0.3) is 0 Å². The van der Waals surface area contributed by atoms with E-state index in [4.69, 9.17) is 28.0 Å². The Hall–Kier alpha value is -4.20. The van der Waals surface area contributed by atoms with E-state index in [2.05, 4.69) is 20.9 Å². The summed E-state index contributed by atoms with van der Waals surface area (Å²) in [5.41, 5.74) is 22.1. The molecule has 14 heteroatoms. The number of nitrogens with two attached hydrogens (primary N) is 4. The van der Waals surface area contributed by atoms with Crippen LogP contribution in [0.1, 0.15) is 24.8 Å². The second-order valence-corrected chi connectivity index (χ2v) is 7.65. The minimum Gasteiger partial charge on any atom is -0.480 e. The first-order valence-electron chi connectivity index (χ1n) is 10.7. The minimum absolute atomic E-state index is 0.0732. The molecule has 1 aromatic rings. The summed E-state index contributed by atoms with van der Waals surface area (Å²) in [6, 6.07) is 5.31. The van der Waals surface area contributed by atoms with Gasteiger partial charge in [0.15, 0.2) is 5.96 Å². The van der Waals surface area contributed by atoms with Gasteiger partial charge in [-0.2, -0.15) is 0 Å². The van der Waals surface area contributed by atoms with Crippen molar-refractivity contribution in [1.82, 2.24) is 16.0 Å². The number of guanidine groups is 1. The number of hydrogen-bond donors (Lipinski definition) is 8. The molecular formula is C21H32N8O6. The molecule has 3 atom stereocenters. The van der Waals surface area contributed by atoms with E-state index in [9.17, 15) is 24.0 Å². The van der Waals surface area contributed by atoms with E-state index in [0.29, 0.717) is 13.0 Å². The topological polar surface area (TPSA) is 258 Å². The van der Waals surface area contributed by atoms with Gasteiger partial charge in [0, 0.05) is 13.0 Å². The van der Waals surface area contributed by atoms with Gasteiger partial charge in [-0.1, -0.05) is 30.3 Å². The van der Waals surface area contributed by atoms with E-state index < -0.39 is 60.7 Å². The number of carbonyl (C=O) groups is 5. The van der Waals surface area contributed by atoms with Gasteiger partial charge in [-0.25, -0.2) is 4.79 Å². The lowest BCUT2D eigenvalue weighted by Gasteiger charge is -2.21. The van der Waals surface area contributed by atoms with E-state index in [-0.39, 0.29) is 18.8 Å². The number of aliphatic imine (C=N–C) groups is 1. The van der Waals surface area contributed by atoms with Crippen LogP contribution < -0.4 is 38.9 Å². The Morgan fingerprint density at radius 3 is 2.17 bits per heavy atom. The summed E-state index contributed by atoms with van der Waals surface area (Å²) < 4.78 is 0. The maximum absolute atomic E-state index is 12.8. The summed E-state index contributed by atoms with van der Waals surface area (Å²) in [6.45, 7) is -0.299. The smallest absolute Gasteiger partial charge is 0.326 e. The molecule has 4 amide bonds. The van der Waals surface area contributed by atoms with Crippen LogP contribution in [-0.4, -0.2) is 71.9 Å². The van der Waals surface area contributed by atoms with Gasteiger partial charge < -0.3 is 44.0 Å². The third-order valence-corrected chi connectivity index (χ3v) is 4.68. The molecule has 0 aliphatic heterocycles. The highest BCUT2D eigenvalue weighted by Crippen LogP contribution is 2.05. The van der Waals surface area contributed by atoms with Gasteiger partial charge >= 0.3 is 5.97 Å². The molecule has 192 valence electrons. The fraction of sp³-hybridized carbons (Fsp3) is 0.429. The zero-order chi connectivity index (χ0) is 26.4. The average Bonchev–Trinajstić information content (AvgIpc) is 2.79. The summed E-state index contributed by atoms with van der Waals surface area (Å²) in [5, 5.41) is 16.1. The highest BCUT2D eigenvalue weighted by atomic mass is 16.4. The second kappa shape index (κ2) is 14.8. The summed E-state index contributed by atoms with van der Waals surface area (Å²) >= 11 is 0. The molecule has 3 unspecified atom stereocenters. The van der Waals surface area contributed by atoms with Crippen molar-refractivity contribution in [3.63, 3.8) is 0 Å². The van der Waals surface area contributed by atoms with Crippen molar-refractivity contribution in [3.8, 4) is 0 Å². The molecule has 35 heavy (non-hydrogen) atoms. The van der Waals surface area contributed by atoms with Gasteiger partial charge in [-0.3, -0.25) is 24.2 Å². The highest BCUT2D eigenvalue weighted by Gasteiger charge is 2.26. The third kappa shape index (κ3) is 12.0. The Balaban J connectivity index is 2.76. The average molecular weight is 493 g/mol. The third-order valence-electron chi connectivity index (χ3n) is 4.68. The lowest BCUT2D eigenvalue weighted by Crippen LogP contribution is -2.54. The van der Waals surface area contributed by atoms with Crippen LogP contribution in [0, 0.1) is 0 Å². The zero-order valence-corrected chi connectivity index (χ0v) is 19.1. The van der Waals surface area contributed by atoms with Gasteiger partial charge in [0.2, 0.25) is 23.6 Å². The fourth-order valence-corrected chi connectivity index (χ4v) is 2.93. The monoisotopic (exact) mass is 492 g/mol. The summed E-state index contributed by atoms with van der Waals surface area (Å²) in [4.78, 5) is 63.3. The molecule has 0 aliphatic rings. The van der Waals surface area contributed by atoms with Gasteiger partial charge in [0.05, 0.1) is 19.0 Å². The molecule has 1 aromatic carbocycles. The molecule has 0 saturated carbocycles. The van der Waals surface area contributed by atoms with Gasteiger partial charge in [0.1, 0.15) is 12.1 Å². The van der Waals surface area contributed by atoms with Crippen molar-refractivity contribution < 1.29 is 29.1 Å². The van der Waals surface area contributed by atoms with Crippen LogP contribution in [0.5, 0.6) is 0 Å². The summed E-state index contributed by atoms with van der Waals surface area (Å²) in [5.74, 6) is -4.56. The quantitative estimate of drug-likeness (QED) is 0.0690. The first-order chi connectivity index (χ1) is 16.5. The van der Waals surface area contributed by atoms with Crippen molar-refractivity contribution in [1.29, 1.82) is 0 Å². The number of benzene rings is 1. The number of amides is 4. The largest absolute Gasteiger partial charge is 0.480 e. The van der Waals surface area contributed by atoms with Crippen LogP contribution in [0.3, 0.4) is 0 Å². The number of rotatable bonds is 15. The lowest BCUT2D eigenvalue weighted by molar-refractivity contribution is -0.143. The van der Waals surface area contributed by atoms with Crippen molar-refractivity contribution >= 4 is 35.6 Å². The summed E-state index contributed by atoms with van der Waals surface area (Å²) in [6.07, 6.45) is 0.211. The van der Waals surface area contributed by atoms with Crippen molar-refractivity contribution in [2.45, 2.75) is 43.8 Å². The van der Waals surface area contributed by atoms with E-state index in [1.807, 2.05) is 0 Å². The number of carboxylic acids is 1. The molecule has 0 aromatic heterocycles. The maximum atomic E-state index is 12.8. The minimum atomic E-state index is -1.53. The second-order valence-electron chi connectivity index (χ2n) is 7.65. The highest BCUT2D eigenvalue weighted by molar-refractivity contribution is 5.93. The lowest BCUT2D eigenvalue weighted by atomic mass is 10.0. The predicted octanol–water partition coefficient (Wildman–Crippen LogP) is -3.34. The fourth-order valence-electron chi connectivity index (χ4n) is 2.93. The molecule has 0 bridgehead atoms. The van der Waals surface area contributed by atoms with E-state index in [0.717, 1.165) is 5.56 Å². The van der Waals surface area contributed by atoms with Gasteiger partial charge in [-0.15, -0.1) is 0 Å². The molecule has 0 saturated heterocycles. The molecular weight excluding hydrogens is 460 g/mol. The van der Waals surface area contributed by atoms with E-state index in [1.165, 1.54) is 0 Å². The van der Waals surface area contributed by atoms with Crippen LogP contribution in [-0.2, 0) is 30.4 Å². The SMILES string of the molecule is NC(=O)CC(NC(=O)CNC(=O)C(Cc1ccccc1)NC(=O)C(N)CCCN=C(N)N)C(=O)O. The Morgan fingerprint density at radius 2 is 1.60 bits per heavy atom. The molecule has 0 spiro atoms. The van der Waals surface area contributed by atoms with Crippen molar-refractivity contribution in [2.75, 3.05) is 13.1 Å². The molecule has 14 nitrogen and oxygen atoms in total. The van der Waals surface area contributed by atoms with Crippen molar-refractivity contribution in [2.24, 2.45) is 27.9 Å². The van der Waals surface area contributed by atoms with Crippen LogP contribution in [0.4, 0.5) is 0 Å². The van der Waals surface area contributed by atoms with Gasteiger partial charge in [-0.05, 0) is 18.4 Å². The van der Waals surface area contributed by atoms with Crippen LogP contribution in [0.2, 0.25) is 0 Å². The number of primary amides is 1. The first-order valence-corrected chi connectivity index (χ1v) is 10.7. The Labute approximate surface area is 201 Å². The first kappa shape index (κ1) is 28.8. The molecule has 1 rings (SSSR count). The number of nitrogens with zero attached hydrogens (tertiary/aromatic N) is 1. The zero-order valence-electron chi connectivity index (χ0n) is 19.1. The Morgan fingerprint density at radius 1 is 0.943 bits per heavy atom. The van der Waals surface area contributed by atoms with E-state index >= 15 is 0 Å². The molecule has 0 radical (unpaired) electrons. The van der Waals surface area contributed by atoms with Crippen molar-refractivity contribution in [3.05, 3.63) is 35.9 Å². The van der Waals surface area contributed by atoms with Crippen LogP contribution >= 0.6 is 0 Å². The van der Waals surface area contributed by atoms with E-state index in [1.54, 1.807) is 30.3 Å². The molecule has 0 heterocycles. The maximum Gasteiger partial charge on any atom is 0.326 e. The normalized spacial score (nSPS) is 12.9. The summed E-state index contributed by atoms with van der Waals surface area (Å²) in [7, 11) is 0. The Kier molecular flexibility index (Phi) is 12.2. The Bertz CT molecular complexity index is 920. The standard InChI is InChI=1S/C21H32N8O6/c22-13(7-4-8-26-21(24)25)18(32)29-14(9-12-5-2-1-3-6-12)19(33)27-11-17(31)28-15(20(34)35)10-16(23)30/h1-3,5-6,13-15H,4,7-11,22H2,(H2,23,30)(H,27,33)(H,28,31)(H,29,32)(H,34,35)(H4,24,25,26). The number of hydrogen-bond acceptors (Lipinski definition) is 7. The van der Waals surface area contributed by atoms with Gasteiger partial charge in [0.25, 0.3) is 0 Å². The predicted molar refractivity (Wildman–Crippen MR) is 126 cm³/mol. The molecule has 12 N–H and O–H groups in total. The number of carboxylic acid groups (broad SMARTS) is 1. The molecule has 0 fully saturated rings. The molecule has 0 aliphatic carbocycles. The van der Waals surface area contributed by atoms with Crippen LogP contribution in [0.15, 0.2) is 35.3 Å². The number of carbonyl (C=O) groups excluding carboxylic acids is 4. The number of aliphatic carboxylic acids is 1.